The molecule has 0 fully saturated rings. The van der Waals surface area contributed by atoms with E-state index in [2.05, 4.69) is 10.0 Å². The second-order valence-electron chi connectivity index (χ2n) is 3.48. The quantitative estimate of drug-likeness (QED) is 0.319. The van der Waals surface area contributed by atoms with E-state index >= 15 is 0 Å². The number of aliphatic hydroxyl groups is 2. The van der Waals surface area contributed by atoms with Crippen LogP contribution >= 0.6 is 22.6 Å². The number of hydrogen-bond donors (Lipinski definition) is 3. The minimum atomic E-state index is -1.22. The summed E-state index contributed by atoms with van der Waals surface area (Å²) >= 11 is 1.88. The third-order valence-electron chi connectivity index (χ3n) is 2.31. The smallest absolute Gasteiger partial charge is 0.171 e. The molecule has 18 heavy (non-hydrogen) atoms. The molecule has 3 N–H and O–H groups in total. The number of ether oxygens (including phenoxy) is 1. The first-order chi connectivity index (χ1) is 8.51. The van der Waals surface area contributed by atoms with Gasteiger partial charge in [-0.25, -0.2) is 0 Å². The van der Waals surface area contributed by atoms with E-state index in [9.17, 15) is 15.3 Å². The Morgan fingerprint density at radius 3 is 2.72 bits per heavy atom. The molecule has 1 aromatic rings. The summed E-state index contributed by atoms with van der Waals surface area (Å²) in [6.45, 7) is -0.239. The fourth-order valence-electron chi connectivity index (χ4n) is 1.36. The molecule has 7 nitrogen and oxygen atoms in total. The molecule has 1 rings (SSSR count). The first-order valence-electron chi connectivity index (χ1n) is 4.94. The number of phenols is 1. The second kappa shape index (κ2) is 6.64. The largest absolute Gasteiger partial charge is 0.504 e. The van der Waals surface area contributed by atoms with Crippen molar-refractivity contribution in [1.82, 2.24) is 0 Å². The molecule has 0 aliphatic rings. The third kappa shape index (κ3) is 3.39. The molecule has 2 unspecified atom stereocenters. The van der Waals surface area contributed by atoms with E-state index in [0.717, 1.165) is 0 Å². The summed E-state index contributed by atoms with van der Waals surface area (Å²) in [6, 6.07) is 2.93. The highest BCUT2D eigenvalue weighted by molar-refractivity contribution is 14.1. The van der Waals surface area contributed by atoms with Crippen molar-refractivity contribution in [3.05, 3.63) is 31.7 Å². The van der Waals surface area contributed by atoms with E-state index in [1.807, 2.05) is 22.6 Å². The Morgan fingerprint density at radius 1 is 1.50 bits per heavy atom. The highest BCUT2D eigenvalue weighted by Gasteiger charge is 2.20. The summed E-state index contributed by atoms with van der Waals surface area (Å²) in [5.74, 6) is 0.172. The minimum Gasteiger partial charge on any atom is -0.504 e. The zero-order valence-electron chi connectivity index (χ0n) is 9.49. The van der Waals surface area contributed by atoms with Crippen LogP contribution in [0.4, 0.5) is 0 Å². The average molecular weight is 365 g/mol. The molecule has 0 heterocycles. The van der Waals surface area contributed by atoms with E-state index < -0.39 is 12.2 Å². The lowest BCUT2D eigenvalue weighted by Gasteiger charge is -2.18. The van der Waals surface area contributed by atoms with Crippen molar-refractivity contribution in [2.45, 2.75) is 12.2 Å². The van der Waals surface area contributed by atoms with Crippen molar-refractivity contribution in [2.75, 3.05) is 13.7 Å². The summed E-state index contributed by atoms with van der Waals surface area (Å²) in [4.78, 5) is 2.50. The first kappa shape index (κ1) is 14.8. The maximum atomic E-state index is 9.88. The number of azide groups is 1. The monoisotopic (exact) mass is 365 g/mol. The SMILES string of the molecule is COc1cc(C(O)C(O)CN=[N+]=[N-])cc(I)c1O. The zero-order chi connectivity index (χ0) is 13.7. The van der Waals surface area contributed by atoms with Gasteiger partial charge in [-0.05, 0) is 45.8 Å². The van der Waals surface area contributed by atoms with Crippen molar-refractivity contribution >= 4 is 22.6 Å². The molecule has 0 radical (unpaired) electrons. The molecular formula is C10H12IN3O4. The number of benzene rings is 1. The highest BCUT2D eigenvalue weighted by Crippen LogP contribution is 2.34. The van der Waals surface area contributed by atoms with Crippen molar-refractivity contribution in [2.24, 2.45) is 5.11 Å². The number of hydrogen-bond acceptors (Lipinski definition) is 5. The number of rotatable bonds is 5. The predicted molar refractivity (Wildman–Crippen MR) is 72.4 cm³/mol. The van der Waals surface area contributed by atoms with Gasteiger partial charge in [0.05, 0.1) is 23.3 Å². The molecule has 0 aliphatic carbocycles. The van der Waals surface area contributed by atoms with Gasteiger partial charge in [0.2, 0.25) is 0 Å². The molecule has 0 bridgehead atoms. The Labute approximate surface area is 117 Å². The van der Waals surface area contributed by atoms with E-state index in [0.29, 0.717) is 9.13 Å². The summed E-state index contributed by atoms with van der Waals surface area (Å²) < 4.78 is 5.43. The van der Waals surface area contributed by atoms with Gasteiger partial charge in [-0.3, -0.25) is 0 Å². The Bertz CT molecular complexity index is 476. The standard InChI is InChI=1S/C10H12IN3O4/c1-18-8-3-5(2-6(11)10(8)17)9(16)7(15)4-13-14-12/h2-3,7,9,15-17H,4H2,1H3. The van der Waals surface area contributed by atoms with E-state index in [4.69, 9.17) is 10.3 Å². The normalized spacial score (nSPS) is 13.6. The van der Waals surface area contributed by atoms with Crippen LogP contribution in [0.3, 0.4) is 0 Å². The molecule has 98 valence electrons. The lowest BCUT2D eigenvalue weighted by molar-refractivity contribution is 0.0242. The van der Waals surface area contributed by atoms with E-state index in [1.165, 1.54) is 19.2 Å². The molecule has 0 saturated heterocycles. The number of aliphatic hydroxyl groups excluding tert-OH is 2. The average Bonchev–Trinajstić information content (AvgIpc) is 2.38. The molecule has 0 saturated carbocycles. The molecule has 1 aromatic carbocycles. The molecule has 0 amide bonds. The van der Waals surface area contributed by atoms with Gasteiger partial charge >= 0.3 is 0 Å². The Hall–Kier alpha value is -1.22. The molecule has 8 heteroatoms. The minimum absolute atomic E-state index is 0.0291. The van der Waals surface area contributed by atoms with Crippen molar-refractivity contribution < 1.29 is 20.1 Å². The van der Waals surface area contributed by atoms with Crippen molar-refractivity contribution in [1.29, 1.82) is 0 Å². The second-order valence-corrected chi connectivity index (χ2v) is 4.64. The van der Waals surface area contributed by atoms with Gasteiger partial charge in [-0.15, -0.1) is 0 Å². The van der Waals surface area contributed by atoms with Gasteiger partial charge in [0.25, 0.3) is 0 Å². The van der Waals surface area contributed by atoms with E-state index in [1.54, 1.807) is 0 Å². The van der Waals surface area contributed by atoms with Crippen molar-refractivity contribution in [3.63, 3.8) is 0 Å². The first-order valence-corrected chi connectivity index (χ1v) is 6.02. The van der Waals surface area contributed by atoms with Crippen molar-refractivity contribution in [3.8, 4) is 11.5 Å². The maximum absolute atomic E-state index is 9.88. The van der Waals surface area contributed by atoms with Crippen LogP contribution in [-0.4, -0.2) is 35.1 Å². The third-order valence-corrected chi connectivity index (χ3v) is 3.13. The van der Waals surface area contributed by atoms with Gasteiger partial charge in [0, 0.05) is 4.91 Å². The molecule has 2 atom stereocenters. The van der Waals surface area contributed by atoms with Crippen LogP contribution in [0.2, 0.25) is 0 Å². The van der Waals surface area contributed by atoms with Gasteiger partial charge in [0.1, 0.15) is 6.10 Å². The van der Waals surface area contributed by atoms with Gasteiger partial charge in [-0.2, -0.15) is 0 Å². The van der Waals surface area contributed by atoms with E-state index in [-0.39, 0.29) is 18.0 Å². The zero-order valence-corrected chi connectivity index (χ0v) is 11.6. The van der Waals surface area contributed by atoms with Crippen LogP contribution in [0.5, 0.6) is 11.5 Å². The van der Waals surface area contributed by atoms with Crippen LogP contribution in [0.1, 0.15) is 11.7 Å². The maximum Gasteiger partial charge on any atom is 0.171 e. The topological polar surface area (TPSA) is 119 Å². The fourth-order valence-corrected chi connectivity index (χ4v) is 1.99. The number of aromatic hydroxyl groups is 1. The lowest BCUT2D eigenvalue weighted by atomic mass is 10.0. The summed E-state index contributed by atoms with van der Waals surface area (Å²) in [5, 5.41) is 32.3. The predicted octanol–water partition coefficient (Wildman–Crippen LogP) is 1.71. The van der Waals surface area contributed by atoms with Crippen LogP contribution < -0.4 is 4.74 Å². The van der Waals surface area contributed by atoms with Gasteiger partial charge < -0.3 is 20.1 Å². The van der Waals surface area contributed by atoms with Crippen LogP contribution in [0.15, 0.2) is 17.2 Å². The fraction of sp³-hybridized carbons (Fsp3) is 0.400. The number of methoxy groups -OCH3 is 1. The Balaban J connectivity index is 3.02. The number of phenolic OH excluding ortho intramolecular Hbond substituents is 1. The summed E-state index contributed by atoms with van der Waals surface area (Å²) in [6.07, 6.45) is -2.44. The Kier molecular flexibility index (Phi) is 5.48. The molecular weight excluding hydrogens is 353 g/mol. The molecule has 0 aromatic heterocycles. The Morgan fingerprint density at radius 2 is 2.17 bits per heavy atom. The van der Waals surface area contributed by atoms with Crippen LogP contribution in [0, 0.1) is 3.57 Å². The lowest BCUT2D eigenvalue weighted by Crippen LogP contribution is -2.21. The highest BCUT2D eigenvalue weighted by atomic mass is 127. The molecule has 0 spiro atoms. The van der Waals surface area contributed by atoms with Gasteiger partial charge in [-0.1, -0.05) is 5.11 Å². The van der Waals surface area contributed by atoms with Gasteiger partial charge in [0.15, 0.2) is 11.5 Å². The molecule has 0 aliphatic heterocycles. The number of halogens is 1. The van der Waals surface area contributed by atoms with Crippen LogP contribution in [-0.2, 0) is 0 Å². The number of nitrogens with zero attached hydrogens (tertiary/aromatic N) is 3. The van der Waals surface area contributed by atoms with Crippen LogP contribution in [0.25, 0.3) is 10.4 Å². The summed E-state index contributed by atoms with van der Waals surface area (Å²) in [5.41, 5.74) is 8.51. The summed E-state index contributed by atoms with van der Waals surface area (Å²) in [7, 11) is 1.39.